The minimum atomic E-state index is -1.72. The molecule has 1 aromatic carbocycles. The van der Waals surface area contributed by atoms with Crippen LogP contribution in [0.1, 0.15) is 70.3 Å². The van der Waals surface area contributed by atoms with E-state index in [1.807, 2.05) is 39.8 Å². The summed E-state index contributed by atoms with van der Waals surface area (Å²) in [4.78, 5) is 37.7. The zero-order chi connectivity index (χ0) is 36.1. The molecule has 13 nitrogen and oxygen atoms in total. The van der Waals surface area contributed by atoms with Crippen LogP contribution >= 0.6 is 0 Å². The summed E-state index contributed by atoms with van der Waals surface area (Å²) < 4.78 is 27.2. The van der Waals surface area contributed by atoms with Crippen LogP contribution < -0.4 is 4.74 Å². The first-order valence-corrected chi connectivity index (χ1v) is 15.8. The Balaban J connectivity index is 2.82. The second kappa shape index (κ2) is 19.4. The number of rotatable bonds is 17. The van der Waals surface area contributed by atoms with Crippen LogP contribution in [0.4, 0.5) is 0 Å². The molecule has 1 fully saturated rings. The molecule has 0 unspecified atom stereocenters. The van der Waals surface area contributed by atoms with Crippen LogP contribution in [-0.2, 0) is 46.2 Å². The normalized spacial score (nSPS) is 21.7. The molecule has 1 aliphatic heterocycles. The van der Waals surface area contributed by atoms with Gasteiger partial charge in [0.2, 0.25) is 12.4 Å². The van der Waals surface area contributed by atoms with Gasteiger partial charge in [-0.2, -0.15) is 0 Å². The SMILES string of the molecule is C=C(CO)[C@@H](CC=C(C)C)Cc1cc([C@@H](OC(=O)CC(=O)OCC)C(=O)OC)cc(CC=C(C)C)c1O[C@@H]1O[C@H](CO)[C@@H](O)[C@H](O)[C@H]1O. The Labute approximate surface area is 281 Å². The van der Waals surface area contributed by atoms with Crippen molar-refractivity contribution >= 4 is 17.9 Å². The fourth-order valence-electron chi connectivity index (χ4n) is 5.01. The Morgan fingerprint density at radius 1 is 0.958 bits per heavy atom. The molecule has 48 heavy (non-hydrogen) atoms. The van der Waals surface area contributed by atoms with Gasteiger partial charge in [0, 0.05) is 5.56 Å². The molecular formula is C35H50O13. The van der Waals surface area contributed by atoms with Crippen LogP contribution in [-0.4, -0.2) is 101 Å². The van der Waals surface area contributed by atoms with Gasteiger partial charge in [-0.3, -0.25) is 9.59 Å². The molecule has 7 atom stereocenters. The van der Waals surface area contributed by atoms with E-state index in [0.717, 1.165) is 18.3 Å². The van der Waals surface area contributed by atoms with Crippen molar-refractivity contribution in [1.82, 2.24) is 0 Å². The Bertz CT molecular complexity index is 1320. The summed E-state index contributed by atoms with van der Waals surface area (Å²) in [5.41, 5.74) is 3.53. The summed E-state index contributed by atoms with van der Waals surface area (Å²) in [6, 6.07) is 3.10. The molecule has 0 saturated carbocycles. The largest absolute Gasteiger partial charge is 0.466 e. The summed E-state index contributed by atoms with van der Waals surface area (Å²) in [7, 11) is 1.12. The van der Waals surface area contributed by atoms with Crippen molar-refractivity contribution in [2.75, 3.05) is 26.9 Å². The number of methoxy groups -OCH3 is 1. The maximum absolute atomic E-state index is 13.0. The van der Waals surface area contributed by atoms with E-state index in [-0.39, 0.29) is 43.3 Å². The number of aliphatic hydroxyl groups is 5. The Morgan fingerprint density at radius 2 is 1.60 bits per heavy atom. The van der Waals surface area contributed by atoms with Gasteiger partial charge in [0.1, 0.15) is 36.6 Å². The van der Waals surface area contributed by atoms with Crippen molar-refractivity contribution in [2.45, 2.75) is 97.1 Å². The maximum Gasteiger partial charge on any atom is 0.351 e. The first-order chi connectivity index (χ1) is 22.7. The molecule has 1 heterocycles. The monoisotopic (exact) mass is 678 g/mol. The Hall–Kier alpha value is -3.59. The highest BCUT2D eigenvalue weighted by Gasteiger charge is 2.45. The van der Waals surface area contributed by atoms with E-state index >= 15 is 0 Å². The molecule has 0 bridgehead atoms. The molecule has 1 saturated heterocycles. The molecule has 13 heteroatoms. The van der Waals surface area contributed by atoms with Gasteiger partial charge in [-0.15, -0.1) is 0 Å². The fraction of sp³-hybridized carbons (Fsp3) is 0.571. The van der Waals surface area contributed by atoms with E-state index in [1.54, 1.807) is 19.1 Å². The summed E-state index contributed by atoms with van der Waals surface area (Å²) >= 11 is 0. The lowest BCUT2D eigenvalue weighted by Gasteiger charge is -2.40. The van der Waals surface area contributed by atoms with Crippen molar-refractivity contribution in [3.8, 4) is 5.75 Å². The van der Waals surface area contributed by atoms with E-state index in [2.05, 4.69) is 6.58 Å². The predicted molar refractivity (Wildman–Crippen MR) is 174 cm³/mol. The Morgan fingerprint density at radius 3 is 2.17 bits per heavy atom. The molecule has 0 radical (unpaired) electrons. The lowest BCUT2D eigenvalue weighted by atomic mass is 9.86. The first-order valence-electron chi connectivity index (χ1n) is 15.8. The van der Waals surface area contributed by atoms with Gasteiger partial charge in [0.25, 0.3) is 0 Å². The van der Waals surface area contributed by atoms with Crippen molar-refractivity contribution in [3.63, 3.8) is 0 Å². The topological polar surface area (TPSA) is 199 Å². The standard InChI is InChI=1S/C35H50O13/c1-8-45-27(38)16-28(39)47-33(34(43)44-7)25-14-23(12-10-20(4)5)32(48-35-31(42)30(41)29(40)26(18-37)46-35)24(15-25)13-22(21(6)17-36)11-9-19(2)3/h9-10,14-15,22,26,29-31,33,35-37,40-42H,6,8,11-13,16-18H2,1-5,7H3/t22-,26+,29+,30-,31+,33+,35-/m0/s1. The molecule has 2 rings (SSSR count). The number of carbonyl (C=O) groups is 3. The number of carbonyl (C=O) groups excluding carboxylic acids is 3. The zero-order valence-corrected chi connectivity index (χ0v) is 28.5. The van der Waals surface area contributed by atoms with Gasteiger partial charge in [-0.05, 0) is 88.6 Å². The highest BCUT2D eigenvalue weighted by Crippen LogP contribution is 2.37. The molecule has 268 valence electrons. The number of hydrogen-bond donors (Lipinski definition) is 5. The molecule has 1 aromatic rings. The van der Waals surface area contributed by atoms with Crippen molar-refractivity contribution in [3.05, 3.63) is 64.3 Å². The van der Waals surface area contributed by atoms with Gasteiger partial charge in [-0.25, -0.2) is 4.79 Å². The Kier molecular flexibility index (Phi) is 16.4. The van der Waals surface area contributed by atoms with Crippen LogP contribution in [0.2, 0.25) is 0 Å². The average molecular weight is 679 g/mol. The van der Waals surface area contributed by atoms with Gasteiger partial charge >= 0.3 is 17.9 Å². The summed E-state index contributed by atoms with van der Waals surface area (Å²) in [6.45, 7) is 12.3. The zero-order valence-electron chi connectivity index (χ0n) is 28.5. The third-order valence-electron chi connectivity index (χ3n) is 7.70. The van der Waals surface area contributed by atoms with E-state index in [1.165, 1.54) is 0 Å². The smallest absolute Gasteiger partial charge is 0.351 e. The minimum absolute atomic E-state index is 0.0482. The van der Waals surface area contributed by atoms with Crippen LogP contribution in [0.5, 0.6) is 5.75 Å². The number of hydrogen-bond acceptors (Lipinski definition) is 13. The number of allylic oxidation sites excluding steroid dienone is 4. The summed E-state index contributed by atoms with van der Waals surface area (Å²) in [5, 5.41) is 51.4. The van der Waals surface area contributed by atoms with Crippen molar-refractivity contribution < 1.29 is 63.6 Å². The van der Waals surface area contributed by atoms with Crippen LogP contribution in [0.25, 0.3) is 0 Å². The molecule has 0 aliphatic carbocycles. The fourth-order valence-corrected chi connectivity index (χ4v) is 5.01. The molecule has 0 aromatic heterocycles. The molecule has 0 spiro atoms. The van der Waals surface area contributed by atoms with E-state index < -0.39 is 67.7 Å². The highest BCUT2D eigenvalue weighted by atomic mass is 16.7. The van der Waals surface area contributed by atoms with Gasteiger partial charge in [-0.1, -0.05) is 29.9 Å². The summed E-state index contributed by atoms with van der Waals surface area (Å²) in [6.07, 6.45) is -5.41. The van der Waals surface area contributed by atoms with E-state index in [0.29, 0.717) is 23.1 Å². The lowest BCUT2D eigenvalue weighted by Crippen LogP contribution is -2.60. The van der Waals surface area contributed by atoms with Crippen molar-refractivity contribution in [1.29, 1.82) is 0 Å². The maximum atomic E-state index is 13.0. The molecule has 0 amide bonds. The molecule has 5 N–H and O–H groups in total. The molecular weight excluding hydrogens is 628 g/mol. The van der Waals surface area contributed by atoms with E-state index in [4.69, 9.17) is 23.7 Å². The quantitative estimate of drug-likeness (QED) is 0.0696. The van der Waals surface area contributed by atoms with E-state index in [9.17, 15) is 39.9 Å². The third-order valence-corrected chi connectivity index (χ3v) is 7.70. The predicted octanol–water partition coefficient (Wildman–Crippen LogP) is 2.15. The number of ether oxygens (including phenoxy) is 5. The van der Waals surface area contributed by atoms with Crippen LogP contribution in [0, 0.1) is 5.92 Å². The highest BCUT2D eigenvalue weighted by molar-refractivity contribution is 5.92. The van der Waals surface area contributed by atoms with Crippen LogP contribution in [0.3, 0.4) is 0 Å². The summed E-state index contributed by atoms with van der Waals surface area (Å²) in [5.74, 6) is -2.93. The van der Waals surface area contributed by atoms with Crippen molar-refractivity contribution in [2.24, 2.45) is 5.92 Å². The van der Waals surface area contributed by atoms with Gasteiger partial charge in [0.15, 0.2) is 0 Å². The third kappa shape index (κ3) is 11.5. The number of esters is 3. The lowest BCUT2D eigenvalue weighted by molar-refractivity contribution is -0.277. The molecule has 1 aliphatic rings. The second-order valence-corrected chi connectivity index (χ2v) is 12.1. The van der Waals surface area contributed by atoms with Crippen LogP contribution in [0.15, 0.2) is 47.6 Å². The first kappa shape index (κ1) is 40.6. The average Bonchev–Trinajstić information content (AvgIpc) is 3.04. The minimum Gasteiger partial charge on any atom is -0.466 e. The van der Waals surface area contributed by atoms with Gasteiger partial charge in [0.05, 0.1) is 26.9 Å². The van der Waals surface area contributed by atoms with Gasteiger partial charge < -0.3 is 49.2 Å². The number of aliphatic hydroxyl groups excluding tert-OH is 5. The second-order valence-electron chi connectivity index (χ2n) is 12.1. The number of benzene rings is 1.